The Morgan fingerprint density at radius 3 is 1.42 bits per heavy atom. The van der Waals surface area contributed by atoms with Gasteiger partial charge in [-0.3, -0.25) is 24.0 Å². The van der Waals surface area contributed by atoms with Crippen molar-refractivity contribution in [3.05, 3.63) is 24.3 Å². The number of unbranched alkanes of at least 4 members (excludes halogenated alkanes) is 22. The third-order valence-electron chi connectivity index (χ3n) is 20.6. The number of hydrogen-bond acceptors (Lipinski definition) is 12. The molecule has 6 unspecified atom stereocenters. The van der Waals surface area contributed by atoms with Crippen molar-refractivity contribution in [2.24, 2.45) is 52.3 Å². The van der Waals surface area contributed by atoms with Crippen molar-refractivity contribution in [2.75, 3.05) is 13.2 Å². The van der Waals surface area contributed by atoms with Gasteiger partial charge in [-0.05, 0) is 188 Å². The molecule has 0 amide bonds. The number of allylic oxidation sites excluding steroid dienone is 4. The third-order valence-corrected chi connectivity index (χ3v) is 20.6. The summed E-state index contributed by atoms with van der Waals surface area (Å²) in [6.45, 7) is 16.2. The molecule has 0 spiro atoms. The number of Topliss-reactive ketones (excluding diaryl/α,β-unsaturated/α-hetero) is 1. The minimum Gasteiger partial charge on any atom is -0.462 e. The van der Waals surface area contributed by atoms with Gasteiger partial charge >= 0.3 is 30.0 Å². The van der Waals surface area contributed by atoms with Crippen LogP contribution in [0.1, 0.15) is 319 Å². The molecule has 4 aliphatic carbocycles. The van der Waals surface area contributed by atoms with Crippen molar-refractivity contribution >= 4 is 35.8 Å². The van der Waals surface area contributed by atoms with Crippen LogP contribution < -0.4 is 0 Å². The summed E-state index contributed by atoms with van der Waals surface area (Å²) in [7, 11) is 0. The highest BCUT2D eigenvalue weighted by molar-refractivity contribution is 5.79. The molecule has 0 aromatic carbocycles. The van der Waals surface area contributed by atoms with Gasteiger partial charge in [0.25, 0.3) is 0 Å². The van der Waals surface area contributed by atoms with Crippen LogP contribution in [0.25, 0.3) is 0 Å². The Labute approximate surface area is 517 Å². The molecule has 0 radical (unpaired) electrons. The molecule has 4 rings (SSSR count). The van der Waals surface area contributed by atoms with Gasteiger partial charge < -0.3 is 28.4 Å². The number of ketones is 1. The van der Waals surface area contributed by atoms with Gasteiger partial charge in [0.2, 0.25) is 6.29 Å². The van der Waals surface area contributed by atoms with Crippen molar-refractivity contribution in [1.82, 2.24) is 0 Å². The zero-order valence-electron chi connectivity index (χ0n) is 55.4. The van der Waals surface area contributed by atoms with Crippen LogP contribution in [0.15, 0.2) is 24.3 Å². The largest absolute Gasteiger partial charge is 0.511 e. The Morgan fingerprint density at radius 2 is 0.929 bits per heavy atom. The lowest BCUT2D eigenvalue weighted by molar-refractivity contribution is -0.172. The topological polar surface area (TPSA) is 158 Å². The van der Waals surface area contributed by atoms with E-state index in [0.717, 1.165) is 116 Å². The van der Waals surface area contributed by atoms with Crippen LogP contribution in [0.4, 0.5) is 4.79 Å². The minimum atomic E-state index is -1.10. The zero-order valence-corrected chi connectivity index (χ0v) is 55.4. The molecule has 4 fully saturated rings. The first-order chi connectivity index (χ1) is 41.0. The van der Waals surface area contributed by atoms with Crippen LogP contribution in [-0.2, 0) is 52.4 Å². The summed E-state index contributed by atoms with van der Waals surface area (Å²) < 4.78 is 33.8. The number of carbonyl (C=O) groups is 6. The first-order valence-electron chi connectivity index (χ1n) is 35.4. The summed E-state index contributed by atoms with van der Waals surface area (Å²) in [4.78, 5) is 77.6. The average Bonchev–Trinajstić information content (AvgIpc) is 1.80. The second kappa shape index (κ2) is 42.3. The number of ether oxygens (including phenoxy) is 6. The van der Waals surface area contributed by atoms with Crippen LogP contribution in [0.2, 0.25) is 0 Å². The van der Waals surface area contributed by atoms with Crippen molar-refractivity contribution in [1.29, 1.82) is 0 Å². The van der Waals surface area contributed by atoms with Crippen LogP contribution in [0, 0.1) is 52.3 Å². The molecular formula is C73H124O12. The highest BCUT2D eigenvalue weighted by Gasteiger charge is 2.61. The predicted molar refractivity (Wildman–Crippen MR) is 340 cm³/mol. The number of hydrogen-bond donors (Lipinski definition) is 0. The molecule has 0 saturated heterocycles. The van der Waals surface area contributed by atoms with E-state index in [4.69, 9.17) is 28.4 Å². The lowest BCUT2D eigenvalue weighted by Crippen LogP contribution is -2.54. The van der Waals surface area contributed by atoms with Crippen LogP contribution >= 0.6 is 0 Å². The molecule has 0 heterocycles. The molecule has 0 aromatic heterocycles. The number of rotatable bonds is 46. The summed E-state index contributed by atoms with van der Waals surface area (Å²) in [5.74, 6) is 1.19. The van der Waals surface area contributed by atoms with E-state index < -0.39 is 30.5 Å². The highest BCUT2D eigenvalue weighted by Crippen LogP contribution is 2.67. The van der Waals surface area contributed by atoms with Gasteiger partial charge in [-0.25, -0.2) is 4.79 Å². The molecule has 488 valence electrons. The Kier molecular flexibility index (Phi) is 36.7. The number of esters is 4. The van der Waals surface area contributed by atoms with Gasteiger partial charge in [0, 0.05) is 38.5 Å². The maximum atomic E-state index is 13.3. The second-order valence-electron chi connectivity index (χ2n) is 27.7. The molecule has 85 heavy (non-hydrogen) atoms. The van der Waals surface area contributed by atoms with E-state index >= 15 is 0 Å². The van der Waals surface area contributed by atoms with Crippen LogP contribution in [0.5, 0.6) is 0 Å². The summed E-state index contributed by atoms with van der Waals surface area (Å²) in [5.41, 5.74) is 0.339. The molecule has 4 aliphatic rings. The molecule has 0 aromatic rings. The molecule has 12 nitrogen and oxygen atoms in total. The fourth-order valence-electron chi connectivity index (χ4n) is 15.4. The van der Waals surface area contributed by atoms with E-state index in [9.17, 15) is 28.8 Å². The Morgan fingerprint density at radius 1 is 0.482 bits per heavy atom. The minimum absolute atomic E-state index is 0.0612. The first-order valence-corrected chi connectivity index (χ1v) is 35.4. The summed E-state index contributed by atoms with van der Waals surface area (Å²) in [5, 5.41) is 0. The molecule has 11 atom stereocenters. The van der Waals surface area contributed by atoms with Gasteiger partial charge in [0.1, 0.15) is 25.1 Å². The summed E-state index contributed by atoms with van der Waals surface area (Å²) in [6.07, 6.45) is 48.2. The molecule has 0 bridgehead atoms. The number of carbonyl (C=O) groups excluding carboxylic acids is 6. The molecule has 0 aliphatic heterocycles. The van der Waals surface area contributed by atoms with Crippen molar-refractivity contribution < 1.29 is 57.2 Å². The summed E-state index contributed by atoms with van der Waals surface area (Å²) >= 11 is 0. The van der Waals surface area contributed by atoms with Crippen molar-refractivity contribution in [3.8, 4) is 0 Å². The van der Waals surface area contributed by atoms with Gasteiger partial charge in [-0.15, -0.1) is 0 Å². The van der Waals surface area contributed by atoms with Crippen LogP contribution in [-0.4, -0.2) is 67.5 Å². The van der Waals surface area contributed by atoms with Gasteiger partial charge in [0.05, 0.1) is 0 Å². The van der Waals surface area contributed by atoms with Gasteiger partial charge in [-0.1, -0.05) is 169 Å². The lowest BCUT2D eigenvalue weighted by atomic mass is 9.44. The van der Waals surface area contributed by atoms with E-state index in [0.29, 0.717) is 42.3 Å². The normalized spacial score (nSPS) is 24.7. The van der Waals surface area contributed by atoms with E-state index in [1.54, 1.807) is 6.92 Å². The molecular weight excluding hydrogens is 1070 g/mol. The van der Waals surface area contributed by atoms with Crippen LogP contribution in [0.3, 0.4) is 0 Å². The Balaban J connectivity index is 1.11. The Hall–Kier alpha value is -3.70. The summed E-state index contributed by atoms with van der Waals surface area (Å²) in [6, 6.07) is 0. The van der Waals surface area contributed by atoms with Gasteiger partial charge in [-0.2, -0.15) is 0 Å². The van der Waals surface area contributed by atoms with E-state index in [1.165, 1.54) is 116 Å². The fraction of sp³-hybridized carbons (Fsp3) is 0.863. The zero-order chi connectivity index (χ0) is 61.7. The highest BCUT2D eigenvalue weighted by atomic mass is 16.8. The smallest absolute Gasteiger partial charge is 0.462 e. The quantitative estimate of drug-likeness (QED) is 0.0187. The molecule has 12 heteroatoms. The van der Waals surface area contributed by atoms with Gasteiger partial charge in [0.15, 0.2) is 6.10 Å². The van der Waals surface area contributed by atoms with Crippen molar-refractivity contribution in [2.45, 2.75) is 337 Å². The van der Waals surface area contributed by atoms with E-state index in [1.807, 2.05) is 13.8 Å². The third kappa shape index (κ3) is 28.6. The maximum absolute atomic E-state index is 13.3. The average molecular weight is 1190 g/mol. The van der Waals surface area contributed by atoms with E-state index in [-0.39, 0.29) is 85.5 Å². The molecule has 0 N–H and O–H groups in total. The standard InChI is InChI=1S/C73H124O12/c1-9-11-13-15-17-19-21-23-25-27-29-31-33-35-37-39-67(75)80-54-62(55-81-68(76)40-38-36-34-32-30-28-26-24-22-20-18-16-14-12-10-2)84-70(78)52-57(4)42-41-56(3)51-69(77)82-59(6)83-71(79)85-61-47-49-72(7)60(53-61)43-44-63-65-46-45-64(58(5)74)73(65,8)50-48-66(63)72/h23-26,56-57,59-66H,9-22,27-55H2,1-8H3/b25-23-,26-24-/t56?,57?,59?,60?,61-,63-,64+,65?,66?,72-,73+/m0/s1. The van der Waals surface area contributed by atoms with E-state index in [2.05, 4.69) is 52.0 Å². The monoisotopic (exact) mass is 1190 g/mol. The number of fused-ring (bicyclic) bond motifs is 5. The fourth-order valence-corrected chi connectivity index (χ4v) is 15.4. The SMILES string of the molecule is CCCCCCCC/C=C\CCCCCCCC(=O)OCC(COC(=O)CCCCCCC/C=C\CCCCCCCC)OC(=O)CC(C)CCC(C)CC(=O)OC(C)OC(=O)O[C@H]1CC[C@@]2(C)C(CC[C@@H]3C2CC[C@@]2(C)C3CC[C@@H]2C(C)=O)C1. The lowest BCUT2D eigenvalue weighted by Gasteiger charge is -2.61. The van der Waals surface area contributed by atoms with Crippen molar-refractivity contribution in [3.63, 3.8) is 0 Å². The Bertz CT molecular complexity index is 1910. The maximum Gasteiger partial charge on any atom is 0.511 e. The predicted octanol–water partition coefficient (Wildman–Crippen LogP) is 19.6. The molecule has 4 saturated carbocycles. The first kappa shape index (κ1) is 73.8. The second-order valence-corrected chi connectivity index (χ2v) is 27.7.